The van der Waals surface area contributed by atoms with Gasteiger partial charge < -0.3 is 9.42 Å². The van der Waals surface area contributed by atoms with Crippen LogP contribution in [-0.4, -0.2) is 42.3 Å². The Kier molecular flexibility index (Phi) is 3.73. The number of carbonyl (C=O) groups excluding carboxylic acids is 1. The van der Waals surface area contributed by atoms with Crippen LogP contribution < -0.4 is 0 Å². The Morgan fingerprint density at radius 3 is 2.96 bits per heavy atom. The predicted octanol–water partition coefficient (Wildman–Crippen LogP) is 2.93. The minimum atomic E-state index is -0.154. The average Bonchev–Trinajstić information content (AvgIpc) is 3.27. The van der Waals surface area contributed by atoms with Crippen molar-refractivity contribution in [3.8, 4) is 0 Å². The maximum absolute atomic E-state index is 13.3. The lowest BCUT2D eigenvalue weighted by Crippen LogP contribution is -2.43. The lowest BCUT2D eigenvalue weighted by molar-refractivity contribution is 0.0540. The first kappa shape index (κ1) is 16.4. The Hall–Kier alpha value is -2.77. The summed E-state index contributed by atoms with van der Waals surface area (Å²) in [5.41, 5.74) is 0.456. The van der Waals surface area contributed by atoms with E-state index < -0.39 is 0 Å². The van der Waals surface area contributed by atoms with E-state index in [-0.39, 0.29) is 17.7 Å². The summed E-state index contributed by atoms with van der Waals surface area (Å²) in [6.07, 6.45) is 4.80. The standard InChI is InChI=1S/C19H22N6O2/c1-11(2)10-14-18-21-16(12-5-6-12)22-25(18)9-8-24(14)19(26)15-13-4-3-7-20-17(13)23-27-15/h3-4,7,11-12,14H,5-6,8-10H2,1-2H3/t14-/m0/s1. The molecular formula is C19H22N6O2. The highest BCUT2D eigenvalue weighted by atomic mass is 16.5. The van der Waals surface area contributed by atoms with Crippen molar-refractivity contribution >= 4 is 16.9 Å². The highest BCUT2D eigenvalue weighted by Crippen LogP contribution is 2.40. The van der Waals surface area contributed by atoms with Gasteiger partial charge >= 0.3 is 0 Å². The molecule has 1 aliphatic carbocycles. The van der Waals surface area contributed by atoms with Crippen LogP contribution in [0.3, 0.4) is 0 Å². The van der Waals surface area contributed by atoms with Crippen molar-refractivity contribution in [2.45, 2.75) is 51.6 Å². The molecule has 0 aromatic carbocycles. The highest BCUT2D eigenvalue weighted by molar-refractivity contribution is 6.02. The number of rotatable bonds is 4. The van der Waals surface area contributed by atoms with Crippen LogP contribution in [0.4, 0.5) is 0 Å². The number of amides is 1. The van der Waals surface area contributed by atoms with Crippen LogP contribution in [0.15, 0.2) is 22.9 Å². The summed E-state index contributed by atoms with van der Waals surface area (Å²) in [6.45, 7) is 5.56. The zero-order chi connectivity index (χ0) is 18.5. The van der Waals surface area contributed by atoms with Gasteiger partial charge in [0.25, 0.3) is 5.91 Å². The minimum absolute atomic E-state index is 0.108. The Balaban J connectivity index is 1.52. The van der Waals surface area contributed by atoms with Crippen LogP contribution in [0.1, 0.15) is 67.3 Å². The largest absolute Gasteiger partial charge is 0.348 e. The Morgan fingerprint density at radius 1 is 1.33 bits per heavy atom. The normalized spacial score (nSPS) is 19.7. The third-order valence-corrected chi connectivity index (χ3v) is 5.29. The first-order chi connectivity index (χ1) is 13.1. The molecule has 2 aliphatic rings. The summed E-state index contributed by atoms with van der Waals surface area (Å²) in [7, 11) is 0. The molecule has 0 radical (unpaired) electrons. The summed E-state index contributed by atoms with van der Waals surface area (Å²) in [5.74, 6) is 2.84. The number of carbonyl (C=O) groups is 1. The van der Waals surface area contributed by atoms with E-state index in [2.05, 4.69) is 24.0 Å². The van der Waals surface area contributed by atoms with Crippen LogP contribution in [-0.2, 0) is 6.54 Å². The third-order valence-electron chi connectivity index (χ3n) is 5.29. The molecule has 8 heteroatoms. The van der Waals surface area contributed by atoms with Crippen LogP contribution in [0.5, 0.6) is 0 Å². The third kappa shape index (κ3) is 2.79. The van der Waals surface area contributed by atoms with Gasteiger partial charge in [0.15, 0.2) is 5.82 Å². The summed E-state index contributed by atoms with van der Waals surface area (Å²) in [4.78, 5) is 24.2. The molecule has 0 saturated heterocycles. The van der Waals surface area contributed by atoms with Gasteiger partial charge in [0.2, 0.25) is 11.4 Å². The molecule has 140 valence electrons. The van der Waals surface area contributed by atoms with E-state index in [1.54, 1.807) is 12.3 Å². The number of nitrogens with zero attached hydrogens (tertiary/aromatic N) is 6. The molecule has 1 aliphatic heterocycles. The Labute approximate surface area is 156 Å². The lowest BCUT2D eigenvalue weighted by atomic mass is 9.99. The van der Waals surface area contributed by atoms with Gasteiger partial charge in [-0.25, -0.2) is 14.6 Å². The second-order valence-corrected chi connectivity index (χ2v) is 7.86. The van der Waals surface area contributed by atoms with Crippen molar-refractivity contribution in [1.29, 1.82) is 0 Å². The zero-order valence-electron chi connectivity index (χ0n) is 15.5. The van der Waals surface area contributed by atoms with Gasteiger partial charge in [0.1, 0.15) is 5.82 Å². The molecule has 1 saturated carbocycles. The topological polar surface area (TPSA) is 89.9 Å². The fourth-order valence-corrected chi connectivity index (χ4v) is 3.79. The SMILES string of the molecule is CC(C)C[C@H]1c2nc(C3CC3)nn2CCN1C(=O)c1onc2ncccc12. The number of aromatic nitrogens is 5. The van der Waals surface area contributed by atoms with Crippen LogP contribution in [0, 0.1) is 5.92 Å². The van der Waals surface area contributed by atoms with E-state index >= 15 is 0 Å². The van der Waals surface area contributed by atoms with E-state index in [4.69, 9.17) is 14.6 Å². The van der Waals surface area contributed by atoms with Gasteiger partial charge in [-0.15, -0.1) is 0 Å². The molecule has 1 fully saturated rings. The van der Waals surface area contributed by atoms with Gasteiger partial charge in [-0.2, -0.15) is 5.10 Å². The molecule has 4 heterocycles. The molecule has 0 bridgehead atoms. The summed E-state index contributed by atoms with van der Waals surface area (Å²) in [6, 6.07) is 3.50. The number of hydrogen-bond donors (Lipinski definition) is 0. The molecule has 3 aromatic heterocycles. The van der Waals surface area contributed by atoms with Crippen LogP contribution in [0.2, 0.25) is 0 Å². The number of pyridine rings is 1. The van der Waals surface area contributed by atoms with E-state index in [1.165, 1.54) is 0 Å². The van der Waals surface area contributed by atoms with Crippen molar-refractivity contribution in [3.63, 3.8) is 0 Å². The quantitative estimate of drug-likeness (QED) is 0.705. The van der Waals surface area contributed by atoms with Crippen molar-refractivity contribution in [1.82, 2.24) is 29.8 Å². The van der Waals surface area contributed by atoms with Gasteiger partial charge in [0.05, 0.1) is 18.0 Å². The second-order valence-electron chi connectivity index (χ2n) is 7.86. The van der Waals surface area contributed by atoms with Crippen molar-refractivity contribution < 1.29 is 9.32 Å². The zero-order valence-corrected chi connectivity index (χ0v) is 15.5. The van der Waals surface area contributed by atoms with Crippen LogP contribution >= 0.6 is 0 Å². The first-order valence-electron chi connectivity index (χ1n) is 9.58. The minimum Gasteiger partial charge on any atom is -0.348 e. The van der Waals surface area contributed by atoms with Gasteiger partial charge in [0, 0.05) is 18.7 Å². The first-order valence-corrected chi connectivity index (χ1v) is 9.58. The smallest absolute Gasteiger partial charge is 0.293 e. The van der Waals surface area contributed by atoms with Gasteiger partial charge in [-0.3, -0.25) is 4.79 Å². The van der Waals surface area contributed by atoms with Crippen molar-refractivity contribution in [3.05, 3.63) is 35.7 Å². The molecule has 3 aromatic rings. The summed E-state index contributed by atoms with van der Waals surface area (Å²) < 4.78 is 7.37. The fourth-order valence-electron chi connectivity index (χ4n) is 3.79. The average molecular weight is 366 g/mol. The molecule has 8 nitrogen and oxygen atoms in total. The molecule has 5 rings (SSSR count). The molecule has 0 spiro atoms. The van der Waals surface area contributed by atoms with E-state index in [1.807, 2.05) is 15.6 Å². The predicted molar refractivity (Wildman–Crippen MR) is 97.0 cm³/mol. The molecular weight excluding hydrogens is 344 g/mol. The molecule has 0 unspecified atom stereocenters. The van der Waals surface area contributed by atoms with E-state index in [9.17, 15) is 4.79 Å². The van der Waals surface area contributed by atoms with Gasteiger partial charge in [-0.1, -0.05) is 19.0 Å². The number of hydrogen-bond acceptors (Lipinski definition) is 6. The fraction of sp³-hybridized carbons (Fsp3) is 0.526. The Bertz CT molecular complexity index is 1000. The van der Waals surface area contributed by atoms with E-state index in [0.29, 0.717) is 36.0 Å². The maximum Gasteiger partial charge on any atom is 0.293 e. The molecule has 1 amide bonds. The second kappa shape index (κ2) is 6.14. The number of fused-ring (bicyclic) bond motifs is 2. The molecule has 1 atom stereocenters. The lowest BCUT2D eigenvalue weighted by Gasteiger charge is -2.35. The Morgan fingerprint density at radius 2 is 2.19 bits per heavy atom. The molecule has 27 heavy (non-hydrogen) atoms. The monoisotopic (exact) mass is 366 g/mol. The van der Waals surface area contributed by atoms with Crippen molar-refractivity contribution in [2.75, 3.05) is 6.54 Å². The van der Waals surface area contributed by atoms with Crippen LogP contribution in [0.25, 0.3) is 11.0 Å². The summed E-state index contributed by atoms with van der Waals surface area (Å²) >= 11 is 0. The maximum atomic E-state index is 13.3. The highest BCUT2D eigenvalue weighted by Gasteiger charge is 2.38. The van der Waals surface area contributed by atoms with Crippen molar-refractivity contribution in [2.24, 2.45) is 5.92 Å². The van der Waals surface area contributed by atoms with Gasteiger partial charge in [-0.05, 0) is 37.3 Å². The summed E-state index contributed by atoms with van der Waals surface area (Å²) in [5, 5.41) is 9.28. The molecule has 0 N–H and O–H groups in total. The van der Waals surface area contributed by atoms with E-state index in [0.717, 1.165) is 30.9 Å².